The average molecular weight is 221 g/mol. The molecule has 1 saturated heterocycles. The summed E-state index contributed by atoms with van der Waals surface area (Å²) in [6.07, 6.45) is 4.38. The highest BCUT2D eigenvalue weighted by Gasteiger charge is 2.26. The second-order valence-corrected chi connectivity index (χ2v) is 4.91. The summed E-state index contributed by atoms with van der Waals surface area (Å²) >= 11 is 0. The summed E-state index contributed by atoms with van der Waals surface area (Å²) in [5.74, 6) is 2.88. The highest BCUT2D eigenvalue weighted by molar-refractivity contribution is 5.06. The number of nitrogens with zero attached hydrogens (tertiary/aromatic N) is 3. The number of hydrogen-bond acceptors (Lipinski definition) is 4. The van der Waals surface area contributed by atoms with Gasteiger partial charge in [-0.25, -0.2) is 0 Å². The molecule has 3 rings (SSSR count). The molecule has 3 N–H and O–H groups in total. The highest BCUT2D eigenvalue weighted by atomic mass is 15.3. The summed E-state index contributed by atoms with van der Waals surface area (Å²) in [5, 5.41) is 12.1. The van der Waals surface area contributed by atoms with Gasteiger partial charge < -0.3 is 15.6 Å². The highest BCUT2D eigenvalue weighted by Crippen LogP contribution is 2.26. The summed E-state index contributed by atoms with van der Waals surface area (Å²) in [7, 11) is 0. The lowest BCUT2D eigenvalue weighted by molar-refractivity contribution is 0.397. The molecule has 1 aromatic heterocycles. The van der Waals surface area contributed by atoms with Crippen LogP contribution in [0, 0.1) is 0 Å². The quantitative estimate of drug-likeness (QED) is 0.701. The summed E-state index contributed by atoms with van der Waals surface area (Å²) in [5.41, 5.74) is 6.02. The van der Waals surface area contributed by atoms with Gasteiger partial charge in [0.05, 0.1) is 0 Å². The van der Waals surface area contributed by atoms with E-state index in [4.69, 9.17) is 5.73 Å². The SMILES string of the molecule is NC1CCc2nnc(C3CCNCC3)n2C1. The van der Waals surface area contributed by atoms with Crippen LogP contribution in [0.25, 0.3) is 0 Å². The Balaban J connectivity index is 1.86. The molecule has 5 heteroatoms. The van der Waals surface area contributed by atoms with Crippen molar-refractivity contribution in [2.24, 2.45) is 5.73 Å². The maximum atomic E-state index is 6.02. The van der Waals surface area contributed by atoms with Crippen LogP contribution in [-0.2, 0) is 13.0 Å². The van der Waals surface area contributed by atoms with Gasteiger partial charge in [0.2, 0.25) is 0 Å². The van der Waals surface area contributed by atoms with E-state index in [-0.39, 0.29) is 6.04 Å². The standard InChI is InChI=1S/C11H19N5/c12-9-1-2-10-14-15-11(16(10)7-9)8-3-5-13-6-4-8/h8-9,13H,1-7,12H2. The van der Waals surface area contributed by atoms with E-state index in [1.165, 1.54) is 18.7 Å². The molecule has 1 atom stereocenters. The number of hydrogen-bond donors (Lipinski definition) is 2. The minimum atomic E-state index is 0.281. The second kappa shape index (κ2) is 4.14. The smallest absolute Gasteiger partial charge is 0.136 e. The van der Waals surface area contributed by atoms with E-state index in [9.17, 15) is 0 Å². The molecular formula is C11H19N5. The van der Waals surface area contributed by atoms with Gasteiger partial charge in [0.15, 0.2) is 0 Å². The van der Waals surface area contributed by atoms with Crippen molar-refractivity contribution in [2.45, 2.75) is 44.2 Å². The monoisotopic (exact) mass is 221 g/mol. The van der Waals surface area contributed by atoms with Crippen molar-refractivity contribution in [1.29, 1.82) is 0 Å². The third-order valence-corrected chi connectivity index (χ3v) is 3.72. The fourth-order valence-electron chi connectivity index (χ4n) is 2.76. The van der Waals surface area contributed by atoms with Crippen molar-refractivity contribution in [3.05, 3.63) is 11.6 Å². The van der Waals surface area contributed by atoms with Crippen molar-refractivity contribution < 1.29 is 0 Å². The third-order valence-electron chi connectivity index (χ3n) is 3.72. The number of fused-ring (bicyclic) bond motifs is 1. The lowest BCUT2D eigenvalue weighted by Crippen LogP contribution is -2.34. The third kappa shape index (κ3) is 1.74. The van der Waals surface area contributed by atoms with Crippen LogP contribution in [0.3, 0.4) is 0 Å². The molecule has 88 valence electrons. The maximum absolute atomic E-state index is 6.02. The van der Waals surface area contributed by atoms with E-state index in [1.807, 2.05) is 0 Å². The van der Waals surface area contributed by atoms with Gasteiger partial charge in [-0.1, -0.05) is 0 Å². The molecule has 1 aromatic rings. The van der Waals surface area contributed by atoms with Crippen LogP contribution in [-0.4, -0.2) is 33.9 Å². The molecule has 3 heterocycles. The Kier molecular flexibility index (Phi) is 2.65. The summed E-state index contributed by atoms with van der Waals surface area (Å²) in [4.78, 5) is 0. The van der Waals surface area contributed by atoms with Gasteiger partial charge in [-0.05, 0) is 32.4 Å². The molecular weight excluding hydrogens is 202 g/mol. The topological polar surface area (TPSA) is 68.8 Å². The Bertz CT molecular complexity index is 366. The van der Waals surface area contributed by atoms with Gasteiger partial charge in [-0.15, -0.1) is 10.2 Å². The molecule has 0 radical (unpaired) electrons. The molecule has 0 saturated carbocycles. The molecule has 0 bridgehead atoms. The van der Waals surface area contributed by atoms with Crippen molar-refractivity contribution >= 4 is 0 Å². The minimum absolute atomic E-state index is 0.281. The van der Waals surface area contributed by atoms with E-state index in [1.54, 1.807) is 0 Å². The van der Waals surface area contributed by atoms with Gasteiger partial charge in [0.1, 0.15) is 11.6 Å². The predicted octanol–water partition coefficient (Wildman–Crippen LogP) is 0.0186. The van der Waals surface area contributed by atoms with Crippen LogP contribution in [0.15, 0.2) is 0 Å². The first-order valence-electron chi connectivity index (χ1n) is 6.23. The van der Waals surface area contributed by atoms with Crippen LogP contribution in [0.5, 0.6) is 0 Å². The maximum Gasteiger partial charge on any atom is 0.136 e. The Hall–Kier alpha value is -0.940. The fourth-order valence-corrected chi connectivity index (χ4v) is 2.76. The molecule has 0 aliphatic carbocycles. The zero-order chi connectivity index (χ0) is 11.0. The van der Waals surface area contributed by atoms with Crippen molar-refractivity contribution in [3.8, 4) is 0 Å². The van der Waals surface area contributed by atoms with Gasteiger partial charge in [0, 0.05) is 24.9 Å². The van der Waals surface area contributed by atoms with Crippen molar-refractivity contribution in [1.82, 2.24) is 20.1 Å². The molecule has 1 fully saturated rings. The van der Waals surface area contributed by atoms with E-state index >= 15 is 0 Å². The lowest BCUT2D eigenvalue weighted by Gasteiger charge is -2.26. The zero-order valence-electron chi connectivity index (χ0n) is 9.52. The second-order valence-electron chi connectivity index (χ2n) is 4.91. The number of aromatic nitrogens is 3. The first kappa shape index (κ1) is 10.2. The largest absolute Gasteiger partial charge is 0.326 e. The summed E-state index contributed by atoms with van der Waals surface area (Å²) in [6, 6.07) is 0.281. The van der Waals surface area contributed by atoms with Gasteiger partial charge in [-0.2, -0.15) is 0 Å². The first-order chi connectivity index (χ1) is 7.84. The van der Waals surface area contributed by atoms with Crippen LogP contribution in [0.2, 0.25) is 0 Å². The van der Waals surface area contributed by atoms with Gasteiger partial charge in [0.25, 0.3) is 0 Å². The van der Waals surface area contributed by atoms with Crippen LogP contribution < -0.4 is 11.1 Å². The van der Waals surface area contributed by atoms with Crippen LogP contribution in [0.4, 0.5) is 0 Å². The normalized spacial score (nSPS) is 26.7. The summed E-state index contributed by atoms with van der Waals surface area (Å²) < 4.78 is 2.27. The van der Waals surface area contributed by atoms with E-state index < -0.39 is 0 Å². The minimum Gasteiger partial charge on any atom is -0.326 e. The predicted molar refractivity (Wildman–Crippen MR) is 61.2 cm³/mol. The number of rotatable bonds is 1. The first-order valence-corrected chi connectivity index (χ1v) is 6.23. The molecule has 0 amide bonds. The Morgan fingerprint density at radius 2 is 2.00 bits per heavy atom. The van der Waals surface area contributed by atoms with E-state index in [0.717, 1.165) is 38.3 Å². The van der Waals surface area contributed by atoms with Crippen molar-refractivity contribution in [3.63, 3.8) is 0 Å². The summed E-state index contributed by atoms with van der Waals surface area (Å²) in [6.45, 7) is 3.10. The van der Waals surface area contributed by atoms with Gasteiger partial charge >= 0.3 is 0 Å². The molecule has 0 spiro atoms. The molecule has 5 nitrogen and oxygen atoms in total. The Morgan fingerprint density at radius 1 is 1.19 bits per heavy atom. The van der Waals surface area contributed by atoms with Gasteiger partial charge in [-0.3, -0.25) is 0 Å². The fraction of sp³-hybridized carbons (Fsp3) is 0.818. The van der Waals surface area contributed by atoms with Crippen molar-refractivity contribution in [2.75, 3.05) is 13.1 Å². The lowest BCUT2D eigenvalue weighted by atomic mass is 9.96. The Morgan fingerprint density at radius 3 is 2.81 bits per heavy atom. The molecule has 2 aliphatic heterocycles. The number of aryl methyl sites for hydroxylation is 1. The van der Waals surface area contributed by atoms with E-state index in [0.29, 0.717) is 5.92 Å². The number of nitrogens with one attached hydrogen (secondary N) is 1. The zero-order valence-corrected chi connectivity index (χ0v) is 9.52. The van der Waals surface area contributed by atoms with Crippen LogP contribution in [0.1, 0.15) is 36.8 Å². The average Bonchev–Trinajstić information content (AvgIpc) is 2.73. The molecule has 16 heavy (non-hydrogen) atoms. The number of nitrogens with two attached hydrogens (primary N) is 1. The molecule has 1 unspecified atom stereocenters. The van der Waals surface area contributed by atoms with E-state index in [2.05, 4.69) is 20.1 Å². The molecule has 2 aliphatic rings. The van der Waals surface area contributed by atoms with Crippen LogP contribution >= 0.6 is 0 Å². The Labute approximate surface area is 95.4 Å². The number of piperidine rings is 1. The molecule has 0 aromatic carbocycles.